The van der Waals surface area contributed by atoms with Gasteiger partial charge in [-0.2, -0.15) is 0 Å². The second-order valence-corrected chi connectivity index (χ2v) is 9.57. The topological polar surface area (TPSA) is 78.5 Å². The van der Waals surface area contributed by atoms with Gasteiger partial charge in [0.1, 0.15) is 17.1 Å². The standard InChI is InChI=1S/C28H17ClFN3O3/c29-15-7-5-14(6-8-15)24(34)22-26-31-11-12-33(26)23-17-3-1-2-4-18(17)25(35)21(23)28(22)19-13-16(30)9-10-20(19)32-27(28)36/h1-10,13,31H,11-12H2,(H,32,36). The molecule has 3 heterocycles. The number of hydrogen-bond acceptors (Lipinski definition) is 5. The molecule has 4 aliphatic rings. The average Bonchev–Trinajstić information content (AvgIpc) is 3.54. The van der Waals surface area contributed by atoms with Crippen molar-refractivity contribution in [3.8, 4) is 0 Å². The van der Waals surface area contributed by atoms with Gasteiger partial charge in [0.25, 0.3) is 0 Å². The molecule has 6 nitrogen and oxygen atoms in total. The van der Waals surface area contributed by atoms with E-state index in [9.17, 15) is 18.8 Å². The number of nitrogens with one attached hydrogen (secondary N) is 2. The molecule has 0 saturated carbocycles. The average molecular weight is 498 g/mol. The first kappa shape index (κ1) is 21.1. The molecular formula is C28H17ClFN3O3. The van der Waals surface area contributed by atoms with E-state index in [1.807, 2.05) is 17.0 Å². The number of amides is 1. The minimum Gasteiger partial charge on any atom is -0.369 e. The smallest absolute Gasteiger partial charge is 0.244 e. The van der Waals surface area contributed by atoms with E-state index in [2.05, 4.69) is 10.6 Å². The lowest BCUT2D eigenvalue weighted by Gasteiger charge is -2.39. The second kappa shape index (κ2) is 7.15. The molecule has 1 unspecified atom stereocenters. The fraction of sp³-hybridized carbons (Fsp3) is 0.107. The van der Waals surface area contributed by atoms with E-state index >= 15 is 0 Å². The zero-order valence-electron chi connectivity index (χ0n) is 18.7. The summed E-state index contributed by atoms with van der Waals surface area (Å²) >= 11 is 6.06. The molecule has 3 aromatic carbocycles. The number of carbonyl (C=O) groups excluding carboxylic acids is 3. The van der Waals surface area contributed by atoms with Crippen LogP contribution in [0.15, 0.2) is 83.7 Å². The van der Waals surface area contributed by atoms with Crippen molar-refractivity contribution in [2.75, 3.05) is 18.4 Å². The Morgan fingerprint density at radius 1 is 1.00 bits per heavy atom. The summed E-state index contributed by atoms with van der Waals surface area (Å²) in [6, 6.07) is 17.5. The molecule has 0 aromatic heterocycles. The third kappa shape index (κ3) is 2.48. The maximum atomic E-state index is 14.7. The van der Waals surface area contributed by atoms with Gasteiger partial charge in [-0.05, 0) is 42.5 Å². The summed E-state index contributed by atoms with van der Waals surface area (Å²) < 4.78 is 14.7. The maximum Gasteiger partial charge on any atom is 0.244 e. The SMILES string of the molecule is O=C(C1=C2NCCN2C2=C(C(=O)c3ccccc32)C12C(=O)Nc1ccc(F)cc12)c1ccc(Cl)cc1. The van der Waals surface area contributed by atoms with Gasteiger partial charge in [-0.1, -0.05) is 35.9 Å². The Labute approximate surface area is 210 Å². The molecule has 36 heavy (non-hydrogen) atoms. The Bertz CT molecular complexity index is 1630. The quantitative estimate of drug-likeness (QED) is 0.516. The molecule has 1 amide bonds. The van der Waals surface area contributed by atoms with Crippen LogP contribution in [0.4, 0.5) is 10.1 Å². The number of ketones is 2. The number of Topliss-reactive ketones (excluding diaryl/α,β-unsaturated/α-hetero) is 2. The van der Waals surface area contributed by atoms with E-state index in [0.29, 0.717) is 52.0 Å². The number of nitrogens with zero attached hydrogens (tertiary/aromatic N) is 1. The number of anilines is 1. The monoisotopic (exact) mass is 497 g/mol. The maximum absolute atomic E-state index is 14.7. The van der Waals surface area contributed by atoms with Crippen molar-refractivity contribution >= 4 is 40.5 Å². The molecule has 3 aliphatic heterocycles. The van der Waals surface area contributed by atoms with Crippen molar-refractivity contribution in [1.82, 2.24) is 10.2 Å². The van der Waals surface area contributed by atoms with E-state index in [1.165, 1.54) is 18.2 Å². The highest BCUT2D eigenvalue weighted by Gasteiger charge is 2.63. The van der Waals surface area contributed by atoms with E-state index in [4.69, 9.17) is 11.6 Å². The molecule has 1 fully saturated rings. The Balaban J connectivity index is 1.60. The van der Waals surface area contributed by atoms with Crippen molar-refractivity contribution < 1.29 is 18.8 Å². The van der Waals surface area contributed by atoms with Gasteiger partial charge in [0.2, 0.25) is 5.91 Å². The first-order chi connectivity index (χ1) is 17.4. The Morgan fingerprint density at radius 2 is 1.75 bits per heavy atom. The van der Waals surface area contributed by atoms with Gasteiger partial charge in [0.15, 0.2) is 11.6 Å². The van der Waals surface area contributed by atoms with Crippen LogP contribution in [0, 0.1) is 5.82 Å². The third-order valence-electron chi connectivity index (χ3n) is 7.35. The molecule has 3 aromatic rings. The van der Waals surface area contributed by atoms with Crippen LogP contribution in [0.1, 0.15) is 31.8 Å². The van der Waals surface area contributed by atoms with Crippen LogP contribution in [-0.2, 0) is 10.2 Å². The predicted molar refractivity (Wildman–Crippen MR) is 132 cm³/mol. The first-order valence-electron chi connectivity index (χ1n) is 11.5. The van der Waals surface area contributed by atoms with Crippen molar-refractivity contribution in [2.45, 2.75) is 5.41 Å². The number of carbonyl (C=O) groups is 3. The van der Waals surface area contributed by atoms with Crippen LogP contribution in [0.2, 0.25) is 5.02 Å². The Kier molecular flexibility index (Phi) is 4.19. The Hall–Kier alpha value is -4.23. The lowest BCUT2D eigenvalue weighted by Crippen LogP contribution is -2.48. The van der Waals surface area contributed by atoms with Crippen LogP contribution in [0.5, 0.6) is 0 Å². The van der Waals surface area contributed by atoms with Gasteiger partial charge in [0.05, 0.1) is 11.3 Å². The van der Waals surface area contributed by atoms with Gasteiger partial charge in [-0.25, -0.2) is 4.39 Å². The molecule has 1 saturated heterocycles. The normalized spacial score (nSPS) is 21.3. The van der Waals surface area contributed by atoms with Crippen LogP contribution >= 0.6 is 11.6 Å². The van der Waals surface area contributed by atoms with Crippen molar-refractivity contribution in [2.24, 2.45) is 0 Å². The van der Waals surface area contributed by atoms with Crippen LogP contribution < -0.4 is 10.6 Å². The van der Waals surface area contributed by atoms with Crippen molar-refractivity contribution in [3.05, 3.63) is 117 Å². The Morgan fingerprint density at radius 3 is 2.53 bits per heavy atom. The second-order valence-electron chi connectivity index (χ2n) is 9.13. The third-order valence-corrected chi connectivity index (χ3v) is 7.61. The summed E-state index contributed by atoms with van der Waals surface area (Å²) in [5, 5.41) is 6.57. The van der Waals surface area contributed by atoms with Gasteiger partial charge in [0, 0.05) is 51.6 Å². The lowest BCUT2D eigenvalue weighted by atomic mass is 9.64. The van der Waals surface area contributed by atoms with Crippen LogP contribution in [0.25, 0.3) is 5.70 Å². The van der Waals surface area contributed by atoms with Crippen molar-refractivity contribution in [3.63, 3.8) is 0 Å². The first-order valence-corrected chi connectivity index (χ1v) is 11.9. The molecule has 2 N–H and O–H groups in total. The number of halogens is 2. The fourth-order valence-corrected chi connectivity index (χ4v) is 6.06. The number of fused-ring (bicyclic) bond motifs is 7. The van der Waals surface area contributed by atoms with Gasteiger partial charge < -0.3 is 15.5 Å². The molecular weight excluding hydrogens is 481 g/mol. The highest BCUT2D eigenvalue weighted by Crippen LogP contribution is 2.58. The van der Waals surface area contributed by atoms with E-state index in [-0.39, 0.29) is 22.5 Å². The molecule has 7 rings (SSSR count). The highest BCUT2D eigenvalue weighted by atomic mass is 35.5. The fourth-order valence-electron chi connectivity index (χ4n) is 5.93. The molecule has 1 aliphatic carbocycles. The molecule has 1 spiro atoms. The van der Waals surface area contributed by atoms with Crippen LogP contribution in [-0.4, -0.2) is 35.5 Å². The molecule has 0 radical (unpaired) electrons. The van der Waals surface area contributed by atoms with Gasteiger partial charge in [-0.15, -0.1) is 0 Å². The summed E-state index contributed by atoms with van der Waals surface area (Å²) in [5.74, 6) is -1.47. The molecule has 0 bridgehead atoms. The lowest BCUT2D eigenvalue weighted by molar-refractivity contribution is -0.118. The summed E-state index contributed by atoms with van der Waals surface area (Å²) in [7, 11) is 0. The highest BCUT2D eigenvalue weighted by molar-refractivity contribution is 6.33. The minimum atomic E-state index is -1.83. The zero-order chi connectivity index (χ0) is 24.8. The summed E-state index contributed by atoms with van der Waals surface area (Å²) in [4.78, 5) is 44.3. The van der Waals surface area contributed by atoms with Gasteiger partial charge >= 0.3 is 0 Å². The molecule has 1 atom stereocenters. The molecule has 176 valence electrons. The van der Waals surface area contributed by atoms with E-state index in [0.717, 1.165) is 0 Å². The minimum absolute atomic E-state index is 0.101. The largest absolute Gasteiger partial charge is 0.369 e. The number of rotatable bonds is 2. The van der Waals surface area contributed by atoms with Crippen LogP contribution in [0.3, 0.4) is 0 Å². The van der Waals surface area contributed by atoms with E-state index < -0.39 is 22.9 Å². The van der Waals surface area contributed by atoms with Crippen molar-refractivity contribution in [1.29, 1.82) is 0 Å². The number of benzene rings is 3. The molecule has 8 heteroatoms. The predicted octanol–water partition coefficient (Wildman–Crippen LogP) is 4.29. The van der Waals surface area contributed by atoms with E-state index in [1.54, 1.807) is 36.4 Å². The number of hydrogen-bond donors (Lipinski definition) is 2. The summed E-state index contributed by atoms with van der Waals surface area (Å²) in [6.07, 6.45) is 0. The van der Waals surface area contributed by atoms with Gasteiger partial charge in [-0.3, -0.25) is 14.4 Å². The zero-order valence-corrected chi connectivity index (χ0v) is 19.4. The summed E-state index contributed by atoms with van der Waals surface area (Å²) in [5.41, 5.74) is 1.09. The summed E-state index contributed by atoms with van der Waals surface area (Å²) in [6.45, 7) is 1.01.